The molecule has 2 N–H and O–H groups in total. The summed E-state index contributed by atoms with van der Waals surface area (Å²) < 4.78 is 5.57. The van der Waals surface area contributed by atoms with Gasteiger partial charge in [-0.05, 0) is 47.9 Å². The highest BCUT2D eigenvalue weighted by Crippen LogP contribution is 2.30. The molecular weight excluding hydrogens is 442 g/mol. The third-order valence-corrected chi connectivity index (χ3v) is 7.26. The lowest BCUT2D eigenvalue weighted by Gasteiger charge is -2.38. The Labute approximate surface area is 199 Å². The van der Waals surface area contributed by atoms with E-state index in [9.17, 15) is 19.2 Å². The molecule has 1 aromatic rings. The quantitative estimate of drug-likeness (QED) is 0.463. The highest BCUT2D eigenvalue weighted by Gasteiger charge is 2.44. The SMILES string of the molecule is CC(C)(C)C(NC(=O)NC1(C(=O)OCc2ccsc2)CCCCC1)C(=O)N1CCCC1C=O. The average molecular weight is 478 g/mol. The van der Waals surface area contributed by atoms with Crippen molar-refractivity contribution < 1.29 is 23.9 Å². The van der Waals surface area contributed by atoms with Crippen molar-refractivity contribution in [1.29, 1.82) is 0 Å². The minimum atomic E-state index is -1.11. The number of rotatable bonds is 7. The molecule has 1 saturated heterocycles. The maximum atomic E-state index is 13.3. The first-order chi connectivity index (χ1) is 15.7. The van der Waals surface area contributed by atoms with E-state index in [1.54, 1.807) is 4.90 Å². The molecule has 2 fully saturated rings. The van der Waals surface area contributed by atoms with Gasteiger partial charge >= 0.3 is 12.0 Å². The fraction of sp³-hybridized carbons (Fsp3) is 0.667. The van der Waals surface area contributed by atoms with Gasteiger partial charge in [0.1, 0.15) is 24.5 Å². The van der Waals surface area contributed by atoms with Crippen molar-refractivity contribution in [2.45, 2.75) is 89.9 Å². The Bertz CT molecular complexity index is 843. The summed E-state index contributed by atoms with van der Waals surface area (Å²) in [5.74, 6) is -0.715. The summed E-state index contributed by atoms with van der Waals surface area (Å²) in [5.41, 5.74) is -0.774. The first-order valence-electron chi connectivity index (χ1n) is 11.7. The topological polar surface area (TPSA) is 105 Å². The summed E-state index contributed by atoms with van der Waals surface area (Å²) in [7, 11) is 0. The summed E-state index contributed by atoms with van der Waals surface area (Å²) in [6.45, 7) is 6.27. The van der Waals surface area contributed by atoms with Crippen molar-refractivity contribution in [3.05, 3.63) is 22.4 Å². The van der Waals surface area contributed by atoms with Crippen LogP contribution in [0.1, 0.15) is 71.3 Å². The Kier molecular flexibility index (Phi) is 8.15. The highest BCUT2D eigenvalue weighted by atomic mass is 32.1. The molecule has 0 aromatic carbocycles. The van der Waals surface area contributed by atoms with Gasteiger partial charge in [-0.1, -0.05) is 40.0 Å². The lowest BCUT2D eigenvalue weighted by molar-refractivity contribution is -0.154. The number of aldehydes is 1. The minimum Gasteiger partial charge on any atom is -0.459 e. The van der Waals surface area contributed by atoms with Crippen LogP contribution in [0, 0.1) is 5.41 Å². The molecule has 182 valence electrons. The molecule has 0 bridgehead atoms. The van der Waals surface area contributed by atoms with Crippen LogP contribution >= 0.6 is 11.3 Å². The maximum absolute atomic E-state index is 13.3. The fourth-order valence-corrected chi connectivity index (χ4v) is 5.26. The molecule has 0 radical (unpaired) electrons. The molecular formula is C24H35N3O5S. The number of hydrogen-bond donors (Lipinski definition) is 2. The van der Waals surface area contributed by atoms with Gasteiger partial charge in [-0.2, -0.15) is 11.3 Å². The van der Waals surface area contributed by atoms with Gasteiger partial charge < -0.3 is 25.1 Å². The van der Waals surface area contributed by atoms with E-state index in [0.717, 1.165) is 37.5 Å². The number of ether oxygens (including phenoxy) is 1. The zero-order chi connectivity index (χ0) is 24.1. The number of nitrogens with zero attached hydrogens (tertiary/aromatic N) is 1. The van der Waals surface area contributed by atoms with Gasteiger partial charge in [-0.25, -0.2) is 9.59 Å². The largest absolute Gasteiger partial charge is 0.459 e. The van der Waals surface area contributed by atoms with Crippen LogP contribution in [0.4, 0.5) is 4.79 Å². The molecule has 8 nitrogen and oxygen atoms in total. The number of esters is 1. The normalized spacial score (nSPS) is 21.2. The number of amides is 3. The van der Waals surface area contributed by atoms with E-state index in [-0.39, 0.29) is 12.5 Å². The summed E-state index contributed by atoms with van der Waals surface area (Å²) in [5, 5.41) is 9.53. The van der Waals surface area contributed by atoms with E-state index in [1.165, 1.54) is 11.3 Å². The molecule has 9 heteroatoms. The van der Waals surface area contributed by atoms with Crippen LogP contribution in [0.15, 0.2) is 16.8 Å². The second-order valence-electron chi connectivity index (χ2n) is 10.1. The molecule has 1 aliphatic heterocycles. The van der Waals surface area contributed by atoms with Crippen LogP contribution in [-0.4, -0.2) is 53.3 Å². The van der Waals surface area contributed by atoms with E-state index in [0.29, 0.717) is 25.8 Å². The van der Waals surface area contributed by atoms with Crippen LogP contribution < -0.4 is 10.6 Å². The highest BCUT2D eigenvalue weighted by molar-refractivity contribution is 7.07. The van der Waals surface area contributed by atoms with E-state index >= 15 is 0 Å². The third-order valence-electron chi connectivity index (χ3n) is 6.53. The number of likely N-dealkylation sites (tertiary alicyclic amines) is 1. The number of urea groups is 1. The van der Waals surface area contributed by atoms with E-state index in [1.807, 2.05) is 37.6 Å². The van der Waals surface area contributed by atoms with Gasteiger partial charge in [-0.15, -0.1) is 0 Å². The molecule has 1 aliphatic carbocycles. The van der Waals surface area contributed by atoms with Gasteiger partial charge in [0.2, 0.25) is 5.91 Å². The number of carbonyl (C=O) groups is 4. The fourth-order valence-electron chi connectivity index (χ4n) is 4.60. The van der Waals surface area contributed by atoms with Gasteiger partial charge in [0.15, 0.2) is 0 Å². The van der Waals surface area contributed by atoms with Gasteiger partial charge in [0.25, 0.3) is 0 Å². The van der Waals surface area contributed by atoms with Crippen molar-refractivity contribution in [3.63, 3.8) is 0 Å². The molecule has 33 heavy (non-hydrogen) atoms. The molecule has 3 amide bonds. The second-order valence-corrected chi connectivity index (χ2v) is 10.9. The van der Waals surface area contributed by atoms with Crippen molar-refractivity contribution in [3.8, 4) is 0 Å². The molecule has 2 atom stereocenters. The van der Waals surface area contributed by atoms with Gasteiger partial charge in [-0.3, -0.25) is 4.79 Å². The average Bonchev–Trinajstić information content (AvgIpc) is 3.47. The van der Waals surface area contributed by atoms with Crippen molar-refractivity contribution in [2.24, 2.45) is 5.41 Å². The zero-order valence-corrected chi connectivity index (χ0v) is 20.5. The lowest BCUT2D eigenvalue weighted by Crippen LogP contribution is -2.63. The number of carbonyl (C=O) groups excluding carboxylic acids is 4. The smallest absolute Gasteiger partial charge is 0.332 e. The molecule has 2 heterocycles. The van der Waals surface area contributed by atoms with Crippen LogP contribution in [0.25, 0.3) is 0 Å². The molecule has 3 rings (SSSR count). The minimum absolute atomic E-state index is 0.165. The number of hydrogen-bond acceptors (Lipinski definition) is 6. The van der Waals surface area contributed by atoms with Crippen LogP contribution in [0.2, 0.25) is 0 Å². The Morgan fingerprint density at radius 2 is 1.97 bits per heavy atom. The Balaban J connectivity index is 1.71. The standard InChI is InChI=1S/C24H35N3O5S/c1-23(2,3)19(20(29)27-12-7-8-18(27)14-28)25-22(31)26-24(10-5-4-6-11-24)21(30)32-15-17-9-13-33-16-17/h9,13-14,16,18-19H,4-8,10-12,15H2,1-3H3,(H2,25,26,31). The van der Waals surface area contributed by atoms with E-state index in [4.69, 9.17) is 4.74 Å². The predicted octanol–water partition coefficient (Wildman–Crippen LogP) is 3.40. The van der Waals surface area contributed by atoms with Crippen LogP contribution in [0.5, 0.6) is 0 Å². The Hall–Kier alpha value is -2.42. The summed E-state index contributed by atoms with van der Waals surface area (Å²) in [6, 6.07) is 0.0415. The van der Waals surface area contributed by atoms with Gasteiger partial charge in [0, 0.05) is 12.1 Å². The molecule has 0 spiro atoms. The monoisotopic (exact) mass is 477 g/mol. The van der Waals surface area contributed by atoms with Crippen molar-refractivity contribution in [1.82, 2.24) is 15.5 Å². The first-order valence-corrected chi connectivity index (χ1v) is 12.6. The molecule has 1 aromatic heterocycles. The zero-order valence-electron chi connectivity index (χ0n) is 19.7. The predicted molar refractivity (Wildman–Crippen MR) is 126 cm³/mol. The Morgan fingerprint density at radius 3 is 2.58 bits per heavy atom. The van der Waals surface area contributed by atoms with Crippen molar-refractivity contribution >= 4 is 35.5 Å². The summed E-state index contributed by atoms with van der Waals surface area (Å²) in [6.07, 6.45) is 5.80. The summed E-state index contributed by atoms with van der Waals surface area (Å²) >= 11 is 1.53. The molecule has 1 saturated carbocycles. The van der Waals surface area contributed by atoms with Crippen molar-refractivity contribution in [2.75, 3.05) is 6.54 Å². The van der Waals surface area contributed by atoms with Gasteiger partial charge in [0.05, 0.1) is 6.04 Å². The molecule has 2 aliphatic rings. The number of nitrogens with one attached hydrogen (secondary N) is 2. The first kappa shape index (κ1) is 25.2. The second kappa shape index (κ2) is 10.7. The van der Waals surface area contributed by atoms with Crippen LogP contribution in [-0.2, 0) is 25.7 Å². The van der Waals surface area contributed by atoms with E-state index < -0.39 is 35.0 Å². The Morgan fingerprint density at radius 1 is 1.24 bits per heavy atom. The third kappa shape index (κ3) is 6.13. The van der Waals surface area contributed by atoms with E-state index in [2.05, 4.69) is 10.6 Å². The maximum Gasteiger partial charge on any atom is 0.332 e. The number of thiophene rings is 1. The van der Waals surface area contributed by atoms with Crippen LogP contribution in [0.3, 0.4) is 0 Å². The summed E-state index contributed by atoms with van der Waals surface area (Å²) in [4.78, 5) is 52.4. The molecule has 2 unspecified atom stereocenters. The lowest BCUT2D eigenvalue weighted by atomic mass is 9.81.